The van der Waals surface area contributed by atoms with Gasteiger partial charge in [0.05, 0.1) is 18.6 Å². The molecule has 0 atom stereocenters. The van der Waals surface area contributed by atoms with Crippen LogP contribution in [0.1, 0.15) is 42.4 Å². The molecule has 1 amide bonds. The Morgan fingerprint density at radius 2 is 1.95 bits per heavy atom. The molecule has 3 heteroatoms. The maximum Gasteiger partial charge on any atom is 0.224 e. The Balaban J connectivity index is 1.99. The lowest BCUT2D eigenvalue weighted by Crippen LogP contribution is -2.49. The van der Waals surface area contributed by atoms with Gasteiger partial charge in [-0.05, 0) is 43.4 Å². The number of hydrogen-bond acceptors (Lipinski definition) is 2. The second-order valence-electron chi connectivity index (χ2n) is 5.79. The topological polar surface area (TPSA) is 49.3 Å². The molecule has 1 aromatic carbocycles. The van der Waals surface area contributed by atoms with Gasteiger partial charge in [-0.15, -0.1) is 0 Å². The molecule has 1 saturated carbocycles. The van der Waals surface area contributed by atoms with Gasteiger partial charge in [-0.2, -0.15) is 0 Å². The fourth-order valence-electron chi connectivity index (χ4n) is 2.81. The summed E-state index contributed by atoms with van der Waals surface area (Å²) in [6.07, 6.45) is 4.35. The number of amides is 1. The summed E-state index contributed by atoms with van der Waals surface area (Å²) in [4.78, 5) is 12.1. The van der Waals surface area contributed by atoms with Gasteiger partial charge >= 0.3 is 0 Å². The van der Waals surface area contributed by atoms with Gasteiger partial charge in [0.1, 0.15) is 0 Å². The number of aliphatic hydroxyl groups is 1. The Labute approximate surface area is 115 Å². The van der Waals surface area contributed by atoms with Crippen LogP contribution in [0.5, 0.6) is 0 Å². The fraction of sp³-hybridized carbons (Fsp3) is 0.562. The Morgan fingerprint density at radius 1 is 1.26 bits per heavy atom. The van der Waals surface area contributed by atoms with Crippen molar-refractivity contribution in [2.45, 2.75) is 51.5 Å². The van der Waals surface area contributed by atoms with E-state index >= 15 is 0 Å². The van der Waals surface area contributed by atoms with Crippen LogP contribution in [0.2, 0.25) is 0 Å². The molecule has 19 heavy (non-hydrogen) atoms. The minimum atomic E-state index is -0.364. The van der Waals surface area contributed by atoms with Crippen molar-refractivity contribution in [1.82, 2.24) is 5.32 Å². The normalized spacial score (nSPS) is 17.4. The molecule has 0 spiro atoms. The molecule has 1 aliphatic rings. The molecular formula is C16H23NO2. The predicted octanol–water partition coefficient (Wildman–Crippen LogP) is 2.27. The van der Waals surface area contributed by atoms with Crippen molar-refractivity contribution in [3.05, 3.63) is 34.9 Å². The number of carbonyl (C=O) groups is 1. The standard InChI is InChI=1S/C16H23NO2/c1-12-5-6-14(9-13(12)2)10-15(19)17-16(11-18)7-3-4-8-16/h5-6,9,18H,3-4,7-8,10-11H2,1-2H3,(H,17,19). The molecule has 0 bridgehead atoms. The third-order valence-electron chi connectivity index (χ3n) is 4.20. The van der Waals surface area contributed by atoms with Crippen LogP contribution in [0, 0.1) is 13.8 Å². The first-order valence-corrected chi connectivity index (χ1v) is 7.03. The van der Waals surface area contributed by atoms with Crippen molar-refractivity contribution in [2.24, 2.45) is 0 Å². The zero-order chi connectivity index (χ0) is 13.9. The van der Waals surface area contributed by atoms with Crippen LogP contribution in [0.15, 0.2) is 18.2 Å². The highest BCUT2D eigenvalue weighted by Crippen LogP contribution is 2.29. The van der Waals surface area contributed by atoms with Gasteiger partial charge in [0.15, 0.2) is 0 Å². The van der Waals surface area contributed by atoms with Gasteiger partial charge in [-0.3, -0.25) is 4.79 Å². The summed E-state index contributed by atoms with van der Waals surface area (Å²) in [6.45, 7) is 4.17. The molecule has 2 N–H and O–H groups in total. The summed E-state index contributed by atoms with van der Waals surface area (Å²) in [5.74, 6) is 0.0132. The first kappa shape index (κ1) is 14.1. The molecule has 1 aromatic rings. The summed E-state index contributed by atoms with van der Waals surface area (Å²) in [7, 11) is 0. The van der Waals surface area contributed by atoms with Crippen LogP contribution in [0.3, 0.4) is 0 Å². The minimum Gasteiger partial charge on any atom is -0.394 e. The highest BCUT2D eigenvalue weighted by atomic mass is 16.3. The maximum absolute atomic E-state index is 12.1. The number of nitrogens with one attached hydrogen (secondary N) is 1. The zero-order valence-corrected chi connectivity index (χ0v) is 11.8. The lowest BCUT2D eigenvalue weighted by Gasteiger charge is -2.28. The molecule has 104 valence electrons. The quantitative estimate of drug-likeness (QED) is 0.873. The highest BCUT2D eigenvalue weighted by molar-refractivity contribution is 5.79. The molecule has 0 heterocycles. The van der Waals surface area contributed by atoms with Crippen molar-refractivity contribution >= 4 is 5.91 Å². The molecule has 0 unspecified atom stereocenters. The number of aliphatic hydroxyl groups excluding tert-OH is 1. The summed E-state index contributed by atoms with van der Waals surface area (Å²) < 4.78 is 0. The average molecular weight is 261 g/mol. The number of aryl methyl sites for hydroxylation is 2. The molecular weight excluding hydrogens is 238 g/mol. The third-order valence-corrected chi connectivity index (χ3v) is 4.20. The van der Waals surface area contributed by atoms with E-state index in [0.29, 0.717) is 6.42 Å². The first-order chi connectivity index (χ1) is 9.04. The molecule has 1 fully saturated rings. The largest absolute Gasteiger partial charge is 0.394 e. The van der Waals surface area contributed by atoms with E-state index in [4.69, 9.17) is 0 Å². The van der Waals surface area contributed by atoms with E-state index in [0.717, 1.165) is 31.2 Å². The number of hydrogen-bond donors (Lipinski definition) is 2. The molecule has 3 nitrogen and oxygen atoms in total. The zero-order valence-electron chi connectivity index (χ0n) is 11.8. The second-order valence-corrected chi connectivity index (χ2v) is 5.79. The fourth-order valence-corrected chi connectivity index (χ4v) is 2.81. The van der Waals surface area contributed by atoms with Gasteiger partial charge in [0.25, 0.3) is 0 Å². The summed E-state index contributed by atoms with van der Waals surface area (Å²) in [5, 5.41) is 12.5. The predicted molar refractivity (Wildman–Crippen MR) is 76.0 cm³/mol. The summed E-state index contributed by atoms with van der Waals surface area (Å²) in [5.41, 5.74) is 3.12. The third kappa shape index (κ3) is 3.35. The Kier molecular flexibility index (Phi) is 4.25. The number of benzene rings is 1. The van der Waals surface area contributed by atoms with Gasteiger partial charge in [-0.25, -0.2) is 0 Å². The van der Waals surface area contributed by atoms with Crippen LogP contribution in [0.4, 0.5) is 0 Å². The van der Waals surface area contributed by atoms with E-state index in [1.165, 1.54) is 11.1 Å². The molecule has 0 radical (unpaired) electrons. The Morgan fingerprint density at radius 3 is 2.53 bits per heavy atom. The molecule has 0 aromatic heterocycles. The van der Waals surface area contributed by atoms with Crippen molar-refractivity contribution in [1.29, 1.82) is 0 Å². The van der Waals surface area contributed by atoms with Crippen LogP contribution >= 0.6 is 0 Å². The molecule has 2 rings (SSSR count). The van der Waals surface area contributed by atoms with E-state index < -0.39 is 0 Å². The van der Waals surface area contributed by atoms with Gasteiger partial charge in [0.2, 0.25) is 5.91 Å². The van der Waals surface area contributed by atoms with Crippen LogP contribution < -0.4 is 5.32 Å². The highest BCUT2D eigenvalue weighted by Gasteiger charge is 2.34. The van der Waals surface area contributed by atoms with Crippen LogP contribution in [-0.4, -0.2) is 23.2 Å². The van der Waals surface area contributed by atoms with Gasteiger partial charge in [0, 0.05) is 0 Å². The Hall–Kier alpha value is -1.35. The first-order valence-electron chi connectivity index (χ1n) is 7.03. The minimum absolute atomic E-state index is 0.0132. The number of carbonyl (C=O) groups excluding carboxylic acids is 1. The van der Waals surface area contributed by atoms with Crippen molar-refractivity contribution in [2.75, 3.05) is 6.61 Å². The van der Waals surface area contributed by atoms with Crippen LogP contribution in [0.25, 0.3) is 0 Å². The maximum atomic E-state index is 12.1. The van der Waals surface area contributed by atoms with Crippen molar-refractivity contribution < 1.29 is 9.90 Å². The average Bonchev–Trinajstić information content (AvgIpc) is 2.83. The van der Waals surface area contributed by atoms with E-state index in [2.05, 4.69) is 31.3 Å². The van der Waals surface area contributed by atoms with Crippen molar-refractivity contribution in [3.63, 3.8) is 0 Å². The van der Waals surface area contributed by atoms with E-state index in [1.54, 1.807) is 0 Å². The lowest BCUT2D eigenvalue weighted by molar-refractivity contribution is -0.122. The Bertz CT molecular complexity index is 462. The van der Waals surface area contributed by atoms with Crippen molar-refractivity contribution in [3.8, 4) is 0 Å². The SMILES string of the molecule is Cc1ccc(CC(=O)NC2(CO)CCCC2)cc1C. The monoisotopic (exact) mass is 261 g/mol. The lowest BCUT2D eigenvalue weighted by atomic mass is 9.98. The smallest absolute Gasteiger partial charge is 0.224 e. The van der Waals surface area contributed by atoms with Gasteiger partial charge < -0.3 is 10.4 Å². The van der Waals surface area contributed by atoms with Crippen LogP contribution in [-0.2, 0) is 11.2 Å². The van der Waals surface area contributed by atoms with Gasteiger partial charge in [-0.1, -0.05) is 31.0 Å². The summed E-state index contributed by atoms with van der Waals surface area (Å²) >= 11 is 0. The van der Waals surface area contributed by atoms with E-state index in [-0.39, 0.29) is 18.1 Å². The van der Waals surface area contributed by atoms with E-state index in [1.807, 2.05) is 6.07 Å². The molecule has 0 aliphatic heterocycles. The number of rotatable bonds is 4. The molecule has 0 saturated heterocycles. The molecule has 1 aliphatic carbocycles. The van der Waals surface area contributed by atoms with E-state index in [9.17, 15) is 9.90 Å². The summed E-state index contributed by atoms with van der Waals surface area (Å²) in [6, 6.07) is 6.12. The second kappa shape index (κ2) is 5.74.